The van der Waals surface area contributed by atoms with Gasteiger partial charge in [0, 0.05) is 31.1 Å². The predicted molar refractivity (Wildman–Crippen MR) is 89.4 cm³/mol. The lowest BCUT2D eigenvalue weighted by molar-refractivity contribution is 0.281. The minimum absolute atomic E-state index is 0.230. The van der Waals surface area contributed by atoms with E-state index in [1.807, 2.05) is 11.4 Å². The zero-order valence-electron chi connectivity index (χ0n) is 12.7. The van der Waals surface area contributed by atoms with Crippen molar-refractivity contribution in [2.24, 2.45) is 0 Å². The Hall–Kier alpha value is -1.28. The highest BCUT2D eigenvalue weighted by Gasteiger charge is 2.29. The quantitative estimate of drug-likeness (QED) is 0.848. The summed E-state index contributed by atoms with van der Waals surface area (Å²) >= 11 is 1.71. The van der Waals surface area contributed by atoms with Gasteiger partial charge in [0.25, 0.3) is 0 Å². The van der Waals surface area contributed by atoms with Crippen LogP contribution >= 0.6 is 11.3 Å². The molecule has 2 aromatic rings. The second-order valence-electron chi connectivity index (χ2n) is 5.54. The van der Waals surface area contributed by atoms with Crippen molar-refractivity contribution in [3.8, 4) is 0 Å². The van der Waals surface area contributed by atoms with Gasteiger partial charge >= 0.3 is 0 Å². The van der Waals surface area contributed by atoms with Gasteiger partial charge in [-0.25, -0.2) is 12.8 Å². The van der Waals surface area contributed by atoms with E-state index in [-0.39, 0.29) is 4.90 Å². The molecule has 23 heavy (non-hydrogen) atoms. The number of halogens is 1. The fourth-order valence-corrected chi connectivity index (χ4v) is 5.04. The van der Waals surface area contributed by atoms with Crippen molar-refractivity contribution >= 4 is 21.4 Å². The van der Waals surface area contributed by atoms with E-state index in [0.717, 1.165) is 19.5 Å². The van der Waals surface area contributed by atoms with Crippen LogP contribution in [0.2, 0.25) is 0 Å². The zero-order chi connectivity index (χ0) is 16.3. The Labute approximate surface area is 140 Å². The molecule has 0 saturated carbocycles. The first kappa shape index (κ1) is 16.6. The maximum absolute atomic E-state index is 13.9. The van der Waals surface area contributed by atoms with Gasteiger partial charge in [0.1, 0.15) is 10.7 Å². The number of thiophene rings is 1. The topological polar surface area (TPSA) is 40.6 Å². The highest BCUT2D eigenvalue weighted by Crippen LogP contribution is 2.21. The first-order chi connectivity index (χ1) is 11.1. The number of nitrogens with zero attached hydrogens (tertiary/aromatic N) is 2. The number of hydrogen-bond acceptors (Lipinski definition) is 4. The summed E-state index contributed by atoms with van der Waals surface area (Å²) in [4.78, 5) is 3.30. The Morgan fingerprint density at radius 1 is 1.04 bits per heavy atom. The van der Waals surface area contributed by atoms with Gasteiger partial charge in [-0.2, -0.15) is 4.31 Å². The monoisotopic (exact) mass is 354 g/mol. The van der Waals surface area contributed by atoms with Crippen LogP contribution in [0, 0.1) is 5.82 Å². The Morgan fingerprint density at radius 2 is 1.87 bits per heavy atom. The van der Waals surface area contributed by atoms with E-state index < -0.39 is 15.8 Å². The molecular weight excluding hydrogens is 335 g/mol. The lowest BCUT2D eigenvalue weighted by Gasteiger charge is -2.21. The fraction of sp³-hybridized carbons (Fsp3) is 0.375. The molecule has 0 amide bonds. The van der Waals surface area contributed by atoms with E-state index >= 15 is 0 Å². The smallest absolute Gasteiger partial charge is 0.246 e. The SMILES string of the molecule is O=S(=O)(c1ccccc1F)N1CCCN(Cc2cccs2)CC1. The number of hydrogen-bond donors (Lipinski definition) is 0. The Bertz CT molecular complexity index is 747. The van der Waals surface area contributed by atoms with Crippen LogP contribution in [0.25, 0.3) is 0 Å². The minimum atomic E-state index is -3.77. The second kappa shape index (κ2) is 7.09. The summed E-state index contributed by atoms with van der Waals surface area (Å²) in [6, 6.07) is 9.68. The molecule has 0 atom stereocenters. The third-order valence-corrected chi connectivity index (χ3v) is 6.75. The largest absolute Gasteiger partial charge is 0.297 e. The van der Waals surface area contributed by atoms with E-state index in [2.05, 4.69) is 11.0 Å². The number of benzene rings is 1. The summed E-state index contributed by atoms with van der Waals surface area (Å²) in [6.45, 7) is 3.16. The van der Waals surface area contributed by atoms with Crippen molar-refractivity contribution in [1.82, 2.24) is 9.21 Å². The summed E-state index contributed by atoms with van der Waals surface area (Å²) in [5, 5.41) is 2.04. The van der Waals surface area contributed by atoms with Crippen LogP contribution in [-0.2, 0) is 16.6 Å². The molecule has 1 aromatic heterocycles. The molecule has 0 N–H and O–H groups in total. The molecule has 0 radical (unpaired) electrons. The second-order valence-corrected chi connectivity index (χ2v) is 8.48. The van der Waals surface area contributed by atoms with Gasteiger partial charge in [-0.15, -0.1) is 11.3 Å². The van der Waals surface area contributed by atoms with Gasteiger partial charge in [0.2, 0.25) is 10.0 Å². The molecular formula is C16H19FN2O2S2. The third kappa shape index (κ3) is 3.80. The summed E-state index contributed by atoms with van der Waals surface area (Å²) in [5.74, 6) is -0.688. The van der Waals surface area contributed by atoms with Gasteiger partial charge in [-0.3, -0.25) is 4.90 Å². The average molecular weight is 354 g/mol. The molecule has 0 spiro atoms. The molecule has 2 heterocycles. The zero-order valence-corrected chi connectivity index (χ0v) is 14.3. The van der Waals surface area contributed by atoms with Crippen molar-refractivity contribution in [2.75, 3.05) is 26.2 Å². The molecule has 1 fully saturated rings. The third-order valence-electron chi connectivity index (χ3n) is 3.96. The van der Waals surface area contributed by atoms with Crippen LogP contribution < -0.4 is 0 Å². The lowest BCUT2D eigenvalue weighted by atomic mass is 10.3. The Morgan fingerprint density at radius 3 is 2.61 bits per heavy atom. The number of rotatable bonds is 4. The highest BCUT2D eigenvalue weighted by atomic mass is 32.2. The first-order valence-electron chi connectivity index (χ1n) is 7.57. The summed E-state index contributed by atoms with van der Waals surface area (Å²) in [5.41, 5.74) is 0. The van der Waals surface area contributed by atoms with Crippen molar-refractivity contribution in [2.45, 2.75) is 17.9 Å². The van der Waals surface area contributed by atoms with Gasteiger partial charge in [-0.1, -0.05) is 18.2 Å². The van der Waals surface area contributed by atoms with E-state index in [1.54, 1.807) is 17.4 Å². The summed E-state index contributed by atoms with van der Waals surface area (Å²) in [6.07, 6.45) is 0.749. The molecule has 0 bridgehead atoms. The van der Waals surface area contributed by atoms with Crippen LogP contribution in [0.15, 0.2) is 46.7 Å². The minimum Gasteiger partial charge on any atom is -0.297 e. The Balaban J connectivity index is 1.71. The molecule has 1 aliphatic rings. The Kier molecular flexibility index (Phi) is 5.11. The maximum Gasteiger partial charge on any atom is 0.246 e. The summed E-state index contributed by atoms with van der Waals surface area (Å²) < 4.78 is 40.6. The van der Waals surface area contributed by atoms with Gasteiger partial charge in [-0.05, 0) is 36.5 Å². The van der Waals surface area contributed by atoms with Gasteiger partial charge in [0.15, 0.2) is 0 Å². The van der Waals surface area contributed by atoms with Crippen molar-refractivity contribution in [3.63, 3.8) is 0 Å². The average Bonchev–Trinajstić information content (AvgIpc) is 2.91. The van der Waals surface area contributed by atoms with E-state index in [9.17, 15) is 12.8 Å². The van der Waals surface area contributed by atoms with E-state index in [4.69, 9.17) is 0 Å². The van der Waals surface area contributed by atoms with Crippen LogP contribution in [0.1, 0.15) is 11.3 Å². The fourth-order valence-electron chi connectivity index (χ4n) is 2.76. The molecule has 1 saturated heterocycles. The van der Waals surface area contributed by atoms with Crippen LogP contribution in [-0.4, -0.2) is 43.8 Å². The molecule has 124 valence electrons. The van der Waals surface area contributed by atoms with Crippen molar-refractivity contribution in [3.05, 3.63) is 52.5 Å². The van der Waals surface area contributed by atoms with Crippen molar-refractivity contribution in [1.29, 1.82) is 0 Å². The van der Waals surface area contributed by atoms with Crippen LogP contribution in [0.5, 0.6) is 0 Å². The van der Waals surface area contributed by atoms with Crippen molar-refractivity contribution < 1.29 is 12.8 Å². The molecule has 1 aliphatic heterocycles. The predicted octanol–water partition coefficient (Wildman–Crippen LogP) is 2.78. The first-order valence-corrected chi connectivity index (χ1v) is 9.89. The van der Waals surface area contributed by atoms with Crippen LogP contribution in [0.4, 0.5) is 4.39 Å². The van der Waals surface area contributed by atoms with Crippen LogP contribution in [0.3, 0.4) is 0 Å². The lowest BCUT2D eigenvalue weighted by Crippen LogP contribution is -2.35. The molecule has 7 heteroatoms. The van der Waals surface area contributed by atoms with Gasteiger partial charge < -0.3 is 0 Å². The normalized spacial score (nSPS) is 18.0. The standard InChI is InChI=1S/C16H19FN2O2S2/c17-15-6-1-2-7-16(15)23(20,21)19-9-4-8-18(10-11-19)13-14-5-3-12-22-14/h1-3,5-7,12H,4,8-11,13H2. The van der Waals surface area contributed by atoms with Gasteiger partial charge in [0.05, 0.1) is 0 Å². The van der Waals surface area contributed by atoms with E-state index in [0.29, 0.717) is 19.6 Å². The molecule has 1 aromatic carbocycles. The molecule has 0 unspecified atom stereocenters. The molecule has 3 rings (SSSR count). The molecule has 4 nitrogen and oxygen atoms in total. The van der Waals surface area contributed by atoms with E-state index in [1.165, 1.54) is 27.4 Å². The number of sulfonamides is 1. The molecule has 0 aliphatic carbocycles. The highest BCUT2D eigenvalue weighted by molar-refractivity contribution is 7.89. The summed E-state index contributed by atoms with van der Waals surface area (Å²) in [7, 11) is -3.77. The maximum atomic E-state index is 13.9.